The summed E-state index contributed by atoms with van der Waals surface area (Å²) in [6, 6.07) is 11.7. The van der Waals surface area contributed by atoms with E-state index < -0.39 is 0 Å². The zero-order chi connectivity index (χ0) is 22.0. The lowest BCUT2D eigenvalue weighted by atomic mass is 10.1. The number of nitrogens with zero attached hydrogens (tertiary/aromatic N) is 5. The van der Waals surface area contributed by atoms with E-state index >= 15 is 0 Å². The van der Waals surface area contributed by atoms with Gasteiger partial charge in [0, 0.05) is 18.7 Å². The molecule has 3 heterocycles. The smallest absolute Gasteiger partial charge is 0.259 e. The largest absolute Gasteiger partial charge is 0.348 e. The van der Waals surface area contributed by atoms with Crippen molar-refractivity contribution in [3.05, 3.63) is 77.0 Å². The minimum atomic E-state index is -0.173. The van der Waals surface area contributed by atoms with Gasteiger partial charge < -0.3 is 9.84 Å². The fourth-order valence-electron chi connectivity index (χ4n) is 3.07. The molecule has 158 valence electrons. The molecule has 0 aliphatic carbocycles. The van der Waals surface area contributed by atoms with Crippen LogP contribution in [0.4, 0.5) is 0 Å². The number of aryl methyl sites for hydroxylation is 1. The van der Waals surface area contributed by atoms with Crippen molar-refractivity contribution in [2.24, 2.45) is 0 Å². The molecule has 3 aromatic heterocycles. The van der Waals surface area contributed by atoms with E-state index in [1.54, 1.807) is 17.1 Å². The van der Waals surface area contributed by atoms with Crippen LogP contribution in [0.1, 0.15) is 52.8 Å². The van der Waals surface area contributed by atoms with Gasteiger partial charge in [0.1, 0.15) is 0 Å². The van der Waals surface area contributed by atoms with Gasteiger partial charge in [-0.15, -0.1) is 0 Å². The molecular weight excluding hydrogens is 392 g/mol. The van der Waals surface area contributed by atoms with Crippen LogP contribution in [0.15, 0.2) is 53.3 Å². The van der Waals surface area contributed by atoms with Crippen LogP contribution in [-0.4, -0.2) is 30.8 Å². The fraction of sp³-hybridized carbons (Fsp3) is 0.261. The van der Waals surface area contributed by atoms with Crippen LogP contribution in [-0.2, 0) is 6.54 Å². The molecule has 0 saturated carbocycles. The molecule has 0 spiro atoms. The normalized spacial score (nSPS) is 11.1. The van der Waals surface area contributed by atoms with Crippen molar-refractivity contribution in [3.63, 3.8) is 0 Å². The summed E-state index contributed by atoms with van der Waals surface area (Å²) in [5.74, 6) is 1.70. The minimum absolute atomic E-state index is 0.173. The van der Waals surface area contributed by atoms with Gasteiger partial charge in [-0.2, -0.15) is 10.1 Å². The Morgan fingerprint density at radius 3 is 2.52 bits per heavy atom. The van der Waals surface area contributed by atoms with Crippen LogP contribution in [0.5, 0.6) is 0 Å². The van der Waals surface area contributed by atoms with Crippen LogP contribution in [0, 0.1) is 13.8 Å². The highest BCUT2D eigenvalue weighted by Crippen LogP contribution is 2.21. The summed E-state index contributed by atoms with van der Waals surface area (Å²) in [6.45, 7) is 8.34. The van der Waals surface area contributed by atoms with E-state index in [0.717, 1.165) is 11.1 Å². The average Bonchev–Trinajstić information content (AvgIpc) is 3.41. The van der Waals surface area contributed by atoms with E-state index in [0.29, 0.717) is 35.3 Å². The number of benzene rings is 1. The molecule has 8 heteroatoms. The van der Waals surface area contributed by atoms with E-state index in [1.165, 1.54) is 5.56 Å². The van der Waals surface area contributed by atoms with Crippen molar-refractivity contribution in [1.29, 1.82) is 0 Å². The third-order valence-corrected chi connectivity index (χ3v) is 5.00. The average molecular weight is 416 g/mol. The molecule has 0 fully saturated rings. The van der Waals surface area contributed by atoms with Crippen LogP contribution in [0.3, 0.4) is 0 Å². The SMILES string of the molecule is Cc1ccc(CNC(=O)c2cnn(-c3ccc(-c4nc(C(C)C)no4)cn3)c2C)cc1. The molecule has 1 aromatic carbocycles. The Hall–Kier alpha value is -3.81. The summed E-state index contributed by atoms with van der Waals surface area (Å²) in [5, 5.41) is 11.3. The molecule has 4 aromatic rings. The Kier molecular flexibility index (Phi) is 5.62. The molecule has 8 nitrogen and oxygen atoms in total. The molecule has 0 atom stereocenters. The third-order valence-electron chi connectivity index (χ3n) is 5.00. The zero-order valence-corrected chi connectivity index (χ0v) is 18.0. The molecule has 31 heavy (non-hydrogen) atoms. The van der Waals surface area contributed by atoms with Gasteiger partial charge >= 0.3 is 0 Å². The van der Waals surface area contributed by atoms with Gasteiger partial charge in [0.25, 0.3) is 11.8 Å². The molecule has 0 saturated heterocycles. The maximum atomic E-state index is 12.6. The first-order chi connectivity index (χ1) is 14.9. The number of pyridine rings is 1. The first kappa shape index (κ1) is 20.5. The summed E-state index contributed by atoms with van der Waals surface area (Å²) in [6.07, 6.45) is 3.22. The lowest BCUT2D eigenvalue weighted by Gasteiger charge is -2.07. The topological polar surface area (TPSA) is 98.7 Å². The van der Waals surface area contributed by atoms with Crippen LogP contribution >= 0.6 is 0 Å². The monoisotopic (exact) mass is 416 g/mol. The molecular formula is C23H24N6O2. The van der Waals surface area contributed by atoms with Gasteiger partial charge in [-0.05, 0) is 31.5 Å². The second-order valence-corrected chi connectivity index (χ2v) is 7.74. The summed E-state index contributed by atoms with van der Waals surface area (Å²) in [5.41, 5.74) is 4.18. The Morgan fingerprint density at radius 1 is 1.10 bits per heavy atom. The first-order valence-corrected chi connectivity index (χ1v) is 10.1. The predicted octanol–water partition coefficient (Wildman–Crippen LogP) is 3.99. The van der Waals surface area contributed by atoms with Gasteiger partial charge in [-0.3, -0.25) is 4.79 Å². The highest BCUT2D eigenvalue weighted by Gasteiger charge is 2.17. The number of rotatable bonds is 6. The highest BCUT2D eigenvalue weighted by atomic mass is 16.5. The molecule has 0 aliphatic heterocycles. The van der Waals surface area contributed by atoms with E-state index in [9.17, 15) is 4.79 Å². The van der Waals surface area contributed by atoms with Crippen molar-refractivity contribution in [3.8, 4) is 17.3 Å². The van der Waals surface area contributed by atoms with Crippen LogP contribution < -0.4 is 5.32 Å². The number of carbonyl (C=O) groups excluding carboxylic acids is 1. The number of hydrogen-bond donors (Lipinski definition) is 1. The number of carbonyl (C=O) groups is 1. The molecule has 1 N–H and O–H groups in total. The van der Waals surface area contributed by atoms with Crippen molar-refractivity contribution < 1.29 is 9.32 Å². The van der Waals surface area contributed by atoms with Gasteiger partial charge in [-0.1, -0.05) is 48.8 Å². The Bertz CT molecular complexity index is 1190. The van der Waals surface area contributed by atoms with Crippen molar-refractivity contribution >= 4 is 5.91 Å². The second kappa shape index (κ2) is 8.51. The van der Waals surface area contributed by atoms with E-state index in [2.05, 4.69) is 25.5 Å². The Balaban J connectivity index is 1.48. The first-order valence-electron chi connectivity index (χ1n) is 10.1. The third kappa shape index (κ3) is 4.37. The summed E-state index contributed by atoms with van der Waals surface area (Å²) in [4.78, 5) is 21.5. The lowest BCUT2D eigenvalue weighted by Crippen LogP contribution is -2.23. The summed E-state index contributed by atoms with van der Waals surface area (Å²) < 4.78 is 6.95. The second-order valence-electron chi connectivity index (χ2n) is 7.74. The summed E-state index contributed by atoms with van der Waals surface area (Å²) in [7, 11) is 0. The molecule has 0 unspecified atom stereocenters. The molecule has 4 rings (SSSR count). The predicted molar refractivity (Wildman–Crippen MR) is 116 cm³/mol. The fourth-order valence-corrected chi connectivity index (χ4v) is 3.07. The van der Waals surface area contributed by atoms with E-state index in [1.807, 2.05) is 64.1 Å². The van der Waals surface area contributed by atoms with E-state index in [4.69, 9.17) is 4.52 Å². The number of hydrogen-bond acceptors (Lipinski definition) is 6. The van der Waals surface area contributed by atoms with Crippen LogP contribution in [0.2, 0.25) is 0 Å². The molecule has 0 bridgehead atoms. The van der Waals surface area contributed by atoms with E-state index in [-0.39, 0.29) is 11.8 Å². The zero-order valence-electron chi connectivity index (χ0n) is 18.0. The highest BCUT2D eigenvalue weighted by molar-refractivity contribution is 5.95. The standard InChI is InChI=1S/C23H24N6O2/c1-14(2)21-27-23(31-28-21)18-9-10-20(24-12-18)29-16(4)19(13-26-29)22(30)25-11-17-7-5-15(3)6-8-17/h5-10,12-14H,11H2,1-4H3,(H,25,30). The van der Waals surface area contributed by atoms with Gasteiger partial charge in [0.2, 0.25) is 0 Å². The Labute approximate surface area is 180 Å². The minimum Gasteiger partial charge on any atom is -0.348 e. The van der Waals surface area contributed by atoms with Crippen molar-refractivity contribution in [2.45, 2.75) is 40.2 Å². The van der Waals surface area contributed by atoms with Crippen molar-refractivity contribution in [1.82, 2.24) is 30.2 Å². The molecule has 0 radical (unpaired) electrons. The molecule has 1 amide bonds. The van der Waals surface area contributed by atoms with Gasteiger partial charge in [-0.25, -0.2) is 9.67 Å². The Morgan fingerprint density at radius 2 is 1.87 bits per heavy atom. The van der Waals surface area contributed by atoms with Gasteiger partial charge in [0.05, 0.1) is 23.0 Å². The van der Waals surface area contributed by atoms with Gasteiger partial charge in [0.15, 0.2) is 11.6 Å². The quantitative estimate of drug-likeness (QED) is 0.510. The van der Waals surface area contributed by atoms with Crippen LogP contribution in [0.25, 0.3) is 17.3 Å². The molecule has 0 aliphatic rings. The lowest BCUT2D eigenvalue weighted by molar-refractivity contribution is 0.0950. The number of amides is 1. The van der Waals surface area contributed by atoms with Crippen molar-refractivity contribution in [2.75, 3.05) is 0 Å². The number of aromatic nitrogens is 5. The number of nitrogens with one attached hydrogen (secondary N) is 1. The maximum Gasteiger partial charge on any atom is 0.259 e. The summed E-state index contributed by atoms with van der Waals surface area (Å²) >= 11 is 0. The maximum absolute atomic E-state index is 12.6.